The van der Waals surface area contributed by atoms with Crippen molar-refractivity contribution in [2.75, 3.05) is 0 Å². The van der Waals surface area contributed by atoms with E-state index in [4.69, 9.17) is 5.11 Å². The van der Waals surface area contributed by atoms with Gasteiger partial charge < -0.3 is 9.90 Å². The Kier molecular flexibility index (Phi) is 3.17. The van der Waals surface area contributed by atoms with Gasteiger partial charge in [-0.2, -0.15) is 0 Å². The smallest absolute Gasteiger partial charge is 0.120 e. The fourth-order valence-corrected chi connectivity index (χ4v) is 1.24. The van der Waals surface area contributed by atoms with Crippen LogP contribution < -0.4 is 0 Å². The summed E-state index contributed by atoms with van der Waals surface area (Å²) in [6.07, 6.45) is 1.96. The number of thiol groups is 1. The van der Waals surface area contributed by atoms with Gasteiger partial charge in [-0.15, -0.1) is 12.6 Å². The maximum absolute atomic E-state index is 10.1. The summed E-state index contributed by atoms with van der Waals surface area (Å²) in [5.74, 6) is 0.216. The molecule has 1 aromatic carbocycles. The molecule has 0 aliphatic rings. The van der Waals surface area contributed by atoms with E-state index >= 15 is 0 Å². The molecule has 0 bridgehead atoms. The summed E-state index contributed by atoms with van der Waals surface area (Å²) in [4.78, 5) is 10.9. The van der Waals surface area contributed by atoms with Gasteiger partial charge in [0.15, 0.2) is 0 Å². The van der Waals surface area contributed by atoms with Gasteiger partial charge in [-0.3, -0.25) is 0 Å². The minimum Gasteiger partial charge on any atom is -0.508 e. The van der Waals surface area contributed by atoms with Gasteiger partial charge in [0.25, 0.3) is 0 Å². The molecule has 0 amide bonds. The molecular formula is C9H10O2S. The van der Waals surface area contributed by atoms with Crippen LogP contribution in [0.5, 0.6) is 5.75 Å². The topological polar surface area (TPSA) is 37.3 Å². The van der Waals surface area contributed by atoms with Crippen LogP contribution in [0, 0.1) is 0 Å². The van der Waals surface area contributed by atoms with Crippen LogP contribution in [0.15, 0.2) is 23.1 Å². The third kappa shape index (κ3) is 2.27. The van der Waals surface area contributed by atoms with Gasteiger partial charge in [0, 0.05) is 11.3 Å². The Morgan fingerprint density at radius 2 is 2.25 bits per heavy atom. The van der Waals surface area contributed by atoms with E-state index in [0.717, 1.165) is 16.7 Å². The highest BCUT2D eigenvalue weighted by Crippen LogP contribution is 2.20. The first-order valence-corrected chi connectivity index (χ1v) is 4.13. The molecule has 2 nitrogen and oxygen atoms in total. The maximum Gasteiger partial charge on any atom is 0.120 e. The zero-order valence-electron chi connectivity index (χ0n) is 6.53. The number of aromatic hydroxyl groups is 1. The average Bonchev–Trinajstić information content (AvgIpc) is 2.07. The van der Waals surface area contributed by atoms with Crippen molar-refractivity contribution in [1.29, 1.82) is 0 Å². The summed E-state index contributed by atoms with van der Waals surface area (Å²) in [7, 11) is 0. The molecule has 0 spiro atoms. The lowest BCUT2D eigenvalue weighted by Crippen LogP contribution is -1.87. The van der Waals surface area contributed by atoms with Crippen LogP contribution >= 0.6 is 12.6 Å². The first kappa shape index (κ1) is 9.13. The molecule has 0 aliphatic carbocycles. The molecule has 0 saturated carbocycles. The molecule has 12 heavy (non-hydrogen) atoms. The van der Waals surface area contributed by atoms with Crippen LogP contribution in [0.2, 0.25) is 0 Å². The van der Waals surface area contributed by atoms with Crippen molar-refractivity contribution in [3.63, 3.8) is 0 Å². The van der Waals surface area contributed by atoms with Gasteiger partial charge in [0.1, 0.15) is 12.0 Å². The van der Waals surface area contributed by atoms with E-state index in [9.17, 15) is 4.79 Å². The Hall–Kier alpha value is -0.960. The number of aldehydes is 1. The number of phenols is 1. The molecule has 64 valence electrons. The normalized spacial score (nSPS) is 9.75. The minimum absolute atomic E-state index is 0.216. The summed E-state index contributed by atoms with van der Waals surface area (Å²) in [6.45, 7) is 0. The second kappa shape index (κ2) is 4.16. The van der Waals surface area contributed by atoms with Crippen molar-refractivity contribution >= 4 is 18.9 Å². The van der Waals surface area contributed by atoms with E-state index in [2.05, 4.69) is 12.6 Å². The quantitative estimate of drug-likeness (QED) is 0.552. The number of carbonyl (C=O) groups excluding carboxylic acids is 1. The van der Waals surface area contributed by atoms with Crippen molar-refractivity contribution in [3.8, 4) is 5.75 Å². The first-order valence-electron chi connectivity index (χ1n) is 3.68. The van der Waals surface area contributed by atoms with Crippen LogP contribution in [0.25, 0.3) is 0 Å². The van der Waals surface area contributed by atoms with E-state index in [1.807, 2.05) is 0 Å². The number of rotatable bonds is 3. The third-order valence-corrected chi connectivity index (χ3v) is 2.03. The van der Waals surface area contributed by atoms with Gasteiger partial charge in [-0.05, 0) is 30.2 Å². The summed E-state index contributed by atoms with van der Waals surface area (Å²) in [6, 6.07) is 4.93. The molecule has 1 rings (SSSR count). The molecular weight excluding hydrogens is 172 g/mol. The number of carbonyl (C=O) groups is 1. The molecule has 0 atom stereocenters. The van der Waals surface area contributed by atoms with E-state index < -0.39 is 0 Å². The van der Waals surface area contributed by atoms with Crippen LogP contribution in [0.4, 0.5) is 0 Å². The van der Waals surface area contributed by atoms with Gasteiger partial charge in [-0.1, -0.05) is 0 Å². The largest absolute Gasteiger partial charge is 0.508 e. The molecule has 3 heteroatoms. The standard InChI is InChI=1S/C9H10O2S/c10-5-1-2-7-6-8(11)3-4-9(7)12/h3-6,11-12H,1-2H2. The number of aryl methyl sites for hydroxylation is 1. The van der Waals surface area contributed by atoms with Crippen molar-refractivity contribution in [2.45, 2.75) is 17.7 Å². The van der Waals surface area contributed by atoms with E-state index in [0.29, 0.717) is 12.8 Å². The molecule has 1 aromatic rings. The minimum atomic E-state index is 0.216. The summed E-state index contributed by atoms with van der Waals surface area (Å²) in [5, 5.41) is 9.11. The second-order valence-electron chi connectivity index (χ2n) is 2.52. The highest BCUT2D eigenvalue weighted by atomic mass is 32.1. The highest BCUT2D eigenvalue weighted by Gasteiger charge is 1.99. The lowest BCUT2D eigenvalue weighted by Gasteiger charge is -2.02. The number of hydrogen-bond donors (Lipinski definition) is 2. The molecule has 0 unspecified atom stereocenters. The lowest BCUT2D eigenvalue weighted by molar-refractivity contribution is -0.107. The van der Waals surface area contributed by atoms with Gasteiger partial charge in [0.05, 0.1) is 0 Å². The van der Waals surface area contributed by atoms with E-state index in [1.165, 1.54) is 0 Å². The maximum atomic E-state index is 10.1. The van der Waals surface area contributed by atoms with Crippen LogP contribution in [0.3, 0.4) is 0 Å². The first-order chi connectivity index (χ1) is 5.74. The number of benzene rings is 1. The molecule has 0 saturated heterocycles. The van der Waals surface area contributed by atoms with Crippen LogP contribution in [0.1, 0.15) is 12.0 Å². The highest BCUT2D eigenvalue weighted by molar-refractivity contribution is 7.80. The summed E-state index contributed by atoms with van der Waals surface area (Å²) in [5.41, 5.74) is 0.908. The number of hydrogen-bond acceptors (Lipinski definition) is 3. The Labute approximate surface area is 76.6 Å². The fraction of sp³-hybridized carbons (Fsp3) is 0.222. The predicted molar refractivity (Wildman–Crippen MR) is 49.7 cm³/mol. The molecule has 0 heterocycles. The molecule has 0 fully saturated rings. The fourth-order valence-electron chi connectivity index (χ4n) is 0.987. The van der Waals surface area contributed by atoms with Crippen molar-refractivity contribution in [2.24, 2.45) is 0 Å². The molecule has 0 radical (unpaired) electrons. The van der Waals surface area contributed by atoms with Crippen molar-refractivity contribution in [1.82, 2.24) is 0 Å². The zero-order chi connectivity index (χ0) is 8.97. The Morgan fingerprint density at radius 3 is 2.92 bits per heavy atom. The van der Waals surface area contributed by atoms with Gasteiger partial charge >= 0.3 is 0 Å². The second-order valence-corrected chi connectivity index (χ2v) is 3.00. The summed E-state index contributed by atoms with van der Waals surface area (Å²) >= 11 is 4.19. The van der Waals surface area contributed by atoms with Gasteiger partial charge in [0.2, 0.25) is 0 Å². The molecule has 0 aliphatic heterocycles. The Bertz CT molecular complexity index is 284. The third-order valence-electron chi connectivity index (χ3n) is 1.59. The van der Waals surface area contributed by atoms with Crippen LogP contribution in [-0.4, -0.2) is 11.4 Å². The number of phenolic OH excluding ortho intramolecular Hbond substituents is 1. The Morgan fingerprint density at radius 1 is 1.50 bits per heavy atom. The van der Waals surface area contributed by atoms with Gasteiger partial charge in [-0.25, -0.2) is 0 Å². The van der Waals surface area contributed by atoms with Crippen LogP contribution in [-0.2, 0) is 11.2 Å². The predicted octanol–water partition coefficient (Wildman–Crippen LogP) is 1.81. The SMILES string of the molecule is O=CCCc1cc(O)ccc1S. The Balaban J connectivity index is 2.82. The van der Waals surface area contributed by atoms with Crippen molar-refractivity contribution < 1.29 is 9.90 Å². The van der Waals surface area contributed by atoms with E-state index in [1.54, 1.807) is 18.2 Å². The summed E-state index contributed by atoms with van der Waals surface area (Å²) < 4.78 is 0. The lowest BCUT2D eigenvalue weighted by atomic mass is 10.1. The average molecular weight is 182 g/mol. The monoisotopic (exact) mass is 182 g/mol. The van der Waals surface area contributed by atoms with Crippen molar-refractivity contribution in [3.05, 3.63) is 23.8 Å². The molecule has 1 N–H and O–H groups in total. The molecule has 0 aromatic heterocycles. The van der Waals surface area contributed by atoms with E-state index in [-0.39, 0.29) is 5.75 Å². The zero-order valence-corrected chi connectivity index (χ0v) is 7.42.